The average molecular weight is 168 g/mol. The molecule has 1 saturated carbocycles. The van der Waals surface area contributed by atoms with E-state index in [4.69, 9.17) is 5.73 Å². The molecule has 2 fully saturated rings. The fourth-order valence-electron chi connectivity index (χ4n) is 2.49. The van der Waals surface area contributed by atoms with Gasteiger partial charge in [-0.1, -0.05) is 13.3 Å². The van der Waals surface area contributed by atoms with Gasteiger partial charge in [-0.25, -0.2) is 0 Å². The molecule has 70 valence electrons. The fraction of sp³-hybridized carbons (Fsp3) is 1.00. The van der Waals surface area contributed by atoms with Crippen LogP contribution in [-0.2, 0) is 0 Å². The molecule has 12 heavy (non-hydrogen) atoms. The maximum Gasteiger partial charge on any atom is 0.0170 e. The highest BCUT2D eigenvalue weighted by Gasteiger charge is 2.30. The van der Waals surface area contributed by atoms with E-state index < -0.39 is 0 Å². The Morgan fingerprint density at radius 1 is 1.25 bits per heavy atom. The predicted molar refractivity (Wildman–Crippen MR) is 51.0 cm³/mol. The molecule has 0 aromatic rings. The van der Waals surface area contributed by atoms with Crippen LogP contribution >= 0.6 is 0 Å². The lowest BCUT2D eigenvalue weighted by molar-refractivity contribution is 0.0717. The molecule has 0 radical (unpaired) electrons. The number of likely N-dealkylation sites (tertiary alicyclic amines) is 1. The van der Waals surface area contributed by atoms with Crippen molar-refractivity contribution in [1.29, 1.82) is 0 Å². The first-order valence-electron chi connectivity index (χ1n) is 5.25. The van der Waals surface area contributed by atoms with Crippen LogP contribution in [0.4, 0.5) is 0 Å². The van der Waals surface area contributed by atoms with Crippen LogP contribution in [-0.4, -0.2) is 30.1 Å². The zero-order valence-electron chi connectivity index (χ0n) is 8.00. The number of hydrogen-bond donors (Lipinski definition) is 1. The van der Waals surface area contributed by atoms with E-state index in [1.54, 1.807) is 0 Å². The minimum absolute atomic E-state index is 0.439. The summed E-state index contributed by atoms with van der Waals surface area (Å²) >= 11 is 0. The van der Waals surface area contributed by atoms with Crippen LogP contribution in [0.3, 0.4) is 0 Å². The van der Waals surface area contributed by atoms with Crippen LogP contribution in [0.25, 0.3) is 0 Å². The van der Waals surface area contributed by atoms with E-state index in [9.17, 15) is 0 Å². The van der Waals surface area contributed by atoms with E-state index in [1.807, 2.05) is 0 Å². The zero-order valence-corrected chi connectivity index (χ0v) is 8.00. The third-order valence-corrected chi connectivity index (χ3v) is 3.31. The smallest absolute Gasteiger partial charge is 0.0170 e. The summed E-state index contributed by atoms with van der Waals surface area (Å²) in [6.07, 6.45) is 5.49. The van der Waals surface area contributed by atoms with Gasteiger partial charge in [0.1, 0.15) is 0 Å². The first-order valence-corrected chi connectivity index (χ1v) is 5.25. The van der Waals surface area contributed by atoms with E-state index in [0.717, 1.165) is 18.5 Å². The van der Waals surface area contributed by atoms with Crippen molar-refractivity contribution in [3.8, 4) is 0 Å². The standard InChI is InChI=1S/C10H20N2/c1-8-5-9(11)7-12(6-8)10-3-2-4-10/h8-10H,2-7,11H2,1H3. The molecule has 2 heteroatoms. The third-order valence-electron chi connectivity index (χ3n) is 3.31. The lowest BCUT2D eigenvalue weighted by Crippen LogP contribution is -2.52. The Labute approximate surface area is 75.1 Å². The molecule has 2 aliphatic rings. The highest BCUT2D eigenvalue weighted by atomic mass is 15.2. The van der Waals surface area contributed by atoms with Crippen molar-refractivity contribution in [2.75, 3.05) is 13.1 Å². The van der Waals surface area contributed by atoms with E-state index in [0.29, 0.717) is 6.04 Å². The van der Waals surface area contributed by atoms with Crippen LogP contribution in [0.5, 0.6) is 0 Å². The van der Waals surface area contributed by atoms with Gasteiger partial charge in [-0.3, -0.25) is 4.90 Å². The van der Waals surface area contributed by atoms with Crippen molar-refractivity contribution in [1.82, 2.24) is 4.90 Å². The average Bonchev–Trinajstić information content (AvgIpc) is 1.79. The Morgan fingerprint density at radius 2 is 2.00 bits per heavy atom. The van der Waals surface area contributed by atoms with Crippen molar-refractivity contribution in [3.05, 3.63) is 0 Å². The Kier molecular flexibility index (Phi) is 2.37. The van der Waals surface area contributed by atoms with Crippen molar-refractivity contribution >= 4 is 0 Å². The van der Waals surface area contributed by atoms with Crippen molar-refractivity contribution < 1.29 is 0 Å². The van der Waals surface area contributed by atoms with Crippen LogP contribution in [0, 0.1) is 5.92 Å². The molecule has 0 aromatic carbocycles. The van der Waals surface area contributed by atoms with Crippen LogP contribution in [0.15, 0.2) is 0 Å². The van der Waals surface area contributed by atoms with Crippen LogP contribution in [0.2, 0.25) is 0 Å². The second-order valence-corrected chi connectivity index (χ2v) is 4.64. The quantitative estimate of drug-likeness (QED) is 0.637. The number of nitrogens with zero attached hydrogens (tertiary/aromatic N) is 1. The predicted octanol–water partition coefficient (Wildman–Crippen LogP) is 1.21. The molecule has 1 aliphatic carbocycles. The lowest BCUT2D eigenvalue weighted by atomic mass is 9.87. The number of nitrogens with two attached hydrogens (primary N) is 1. The van der Waals surface area contributed by atoms with Gasteiger partial charge in [-0.05, 0) is 25.2 Å². The molecular weight excluding hydrogens is 148 g/mol. The summed E-state index contributed by atoms with van der Waals surface area (Å²) in [6.45, 7) is 4.76. The normalized spacial score (nSPS) is 39.5. The van der Waals surface area contributed by atoms with Crippen LogP contribution < -0.4 is 5.73 Å². The van der Waals surface area contributed by atoms with Gasteiger partial charge in [-0.15, -0.1) is 0 Å². The molecule has 1 aliphatic heterocycles. The molecule has 0 bridgehead atoms. The SMILES string of the molecule is CC1CC(N)CN(C2CCC2)C1. The third kappa shape index (κ3) is 1.64. The van der Waals surface area contributed by atoms with Gasteiger partial charge in [0, 0.05) is 25.2 Å². The summed E-state index contributed by atoms with van der Waals surface area (Å²) in [5.74, 6) is 0.814. The van der Waals surface area contributed by atoms with E-state index >= 15 is 0 Å². The van der Waals surface area contributed by atoms with E-state index in [1.165, 1.54) is 32.2 Å². The minimum Gasteiger partial charge on any atom is -0.327 e. The summed E-state index contributed by atoms with van der Waals surface area (Å²) in [6, 6.07) is 1.33. The maximum absolute atomic E-state index is 5.99. The van der Waals surface area contributed by atoms with E-state index in [2.05, 4.69) is 11.8 Å². The summed E-state index contributed by atoms with van der Waals surface area (Å²) in [7, 11) is 0. The van der Waals surface area contributed by atoms with Crippen molar-refractivity contribution in [2.45, 2.75) is 44.7 Å². The molecule has 1 heterocycles. The summed E-state index contributed by atoms with van der Waals surface area (Å²) in [4.78, 5) is 2.61. The maximum atomic E-state index is 5.99. The molecular formula is C10H20N2. The Morgan fingerprint density at radius 3 is 2.50 bits per heavy atom. The number of rotatable bonds is 1. The highest BCUT2D eigenvalue weighted by molar-refractivity contribution is 4.87. The highest BCUT2D eigenvalue weighted by Crippen LogP contribution is 2.28. The second-order valence-electron chi connectivity index (χ2n) is 4.64. The Bertz CT molecular complexity index is 144. The second kappa shape index (κ2) is 3.35. The molecule has 2 N–H and O–H groups in total. The summed E-state index contributed by atoms with van der Waals surface area (Å²) in [5, 5.41) is 0. The molecule has 1 saturated heterocycles. The fourth-order valence-corrected chi connectivity index (χ4v) is 2.49. The first kappa shape index (κ1) is 8.52. The molecule has 2 atom stereocenters. The van der Waals surface area contributed by atoms with Gasteiger partial charge in [0.25, 0.3) is 0 Å². The van der Waals surface area contributed by atoms with Crippen LogP contribution in [0.1, 0.15) is 32.6 Å². The largest absolute Gasteiger partial charge is 0.327 e. The van der Waals surface area contributed by atoms with Gasteiger partial charge in [-0.2, -0.15) is 0 Å². The van der Waals surface area contributed by atoms with Gasteiger partial charge >= 0.3 is 0 Å². The molecule has 2 unspecified atom stereocenters. The molecule has 2 rings (SSSR count). The van der Waals surface area contributed by atoms with Gasteiger partial charge in [0.2, 0.25) is 0 Å². The summed E-state index contributed by atoms with van der Waals surface area (Å²) < 4.78 is 0. The van der Waals surface area contributed by atoms with Gasteiger partial charge in [0.15, 0.2) is 0 Å². The topological polar surface area (TPSA) is 29.3 Å². The Hall–Kier alpha value is -0.0800. The monoisotopic (exact) mass is 168 g/mol. The molecule has 0 amide bonds. The molecule has 0 aromatic heterocycles. The minimum atomic E-state index is 0.439. The van der Waals surface area contributed by atoms with Gasteiger partial charge < -0.3 is 5.73 Å². The Balaban J connectivity index is 1.87. The molecule has 0 spiro atoms. The number of piperidine rings is 1. The number of hydrogen-bond acceptors (Lipinski definition) is 2. The summed E-state index contributed by atoms with van der Waals surface area (Å²) in [5.41, 5.74) is 5.99. The van der Waals surface area contributed by atoms with Crippen molar-refractivity contribution in [2.24, 2.45) is 11.7 Å². The zero-order chi connectivity index (χ0) is 8.55. The van der Waals surface area contributed by atoms with E-state index in [-0.39, 0.29) is 0 Å². The lowest BCUT2D eigenvalue weighted by Gasteiger charge is -2.43. The first-order chi connectivity index (χ1) is 5.75. The molecule has 2 nitrogen and oxygen atoms in total. The van der Waals surface area contributed by atoms with Gasteiger partial charge in [0.05, 0.1) is 0 Å². The van der Waals surface area contributed by atoms with Crippen molar-refractivity contribution in [3.63, 3.8) is 0 Å².